The van der Waals surface area contributed by atoms with Crippen LogP contribution in [0.4, 0.5) is 0 Å². The molecular weight excluding hydrogens is 230 g/mol. The van der Waals surface area contributed by atoms with Gasteiger partial charge in [0.1, 0.15) is 16.7 Å². The van der Waals surface area contributed by atoms with E-state index in [0.717, 1.165) is 5.75 Å². The molecule has 0 aromatic carbocycles. The molecule has 0 atom stereocenters. The van der Waals surface area contributed by atoms with Crippen molar-refractivity contribution >= 4 is 23.5 Å². The lowest BCUT2D eigenvalue weighted by atomic mass is 10.3. The van der Waals surface area contributed by atoms with Gasteiger partial charge in [-0.2, -0.15) is 10.2 Å². The van der Waals surface area contributed by atoms with Crippen molar-refractivity contribution in [1.29, 1.82) is 5.26 Å². The maximum atomic E-state index is 8.95. The summed E-state index contributed by atoms with van der Waals surface area (Å²) in [5.74, 6) is 1.25. The Morgan fingerprint density at radius 3 is 2.67 bits per heavy atom. The zero-order valence-corrected chi connectivity index (χ0v) is 10.4. The molecule has 0 fully saturated rings. The van der Waals surface area contributed by atoms with Crippen molar-refractivity contribution < 1.29 is 4.74 Å². The minimum atomic E-state index is 0.354. The number of rotatable bonds is 4. The first-order chi connectivity index (χ1) is 7.26. The largest absolute Gasteiger partial charge is 0.480 e. The number of nitrogens with zero attached hydrogens (tertiary/aromatic N) is 3. The normalized spacial score (nSPS) is 9.73. The summed E-state index contributed by atoms with van der Waals surface area (Å²) in [6.07, 6.45) is 1.88. The van der Waals surface area contributed by atoms with Crippen LogP contribution in [0.25, 0.3) is 0 Å². The van der Waals surface area contributed by atoms with Gasteiger partial charge in [-0.25, -0.2) is 4.98 Å². The molecule has 0 unspecified atom stereocenters. The fraction of sp³-hybridized carbons (Fsp3) is 0.444. The van der Waals surface area contributed by atoms with Gasteiger partial charge in [-0.3, -0.25) is 0 Å². The summed E-state index contributed by atoms with van der Waals surface area (Å²) in [6, 6.07) is 2.06. The summed E-state index contributed by atoms with van der Waals surface area (Å²) in [6.45, 7) is 2.03. The smallest absolute Gasteiger partial charge is 0.236 e. The van der Waals surface area contributed by atoms with E-state index in [4.69, 9.17) is 10.00 Å². The van der Waals surface area contributed by atoms with E-state index >= 15 is 0 Å². The van der Waals surface area contributed by atoms with Crippen molar-refractivity contribution in [1.82, 2.24) is 9.97 Å². The average molecular weight is 241 g/mol. The third kappa shape index (κ3) is 2.76. The second-order valence-corrected chi connectivity index (χ2v) is 4.47. The molecule has 0 radical (unpaired) electrons. The number of methoxy groups -OCH3 is 1. The Morgan fingerprint density at radius 1 is 1.47 bits per heavy atom. The second-order valence-electron chi connectivity index (χ2n) is 2.44. The molecule has 0 amide bonds. The minimum Gasteiger partial charge on any atom is -0.480 e. The van der Waals surface area contributed by atoms with E-state index in [2.05, 4.69) is 16.0 Å². The molecule has 0 aliphatic heterocycles. The molecule has 1 heterocycles. The van der Waals surface area contributed by atoms with Gasteiger partial charge in [-0.05, 0) is 12.0 Å². The monoisotopic (exact) mass is 241 g/mol. The Morgan fingerprint density at radius 2 is 2.20 bits per heavy atom. The molecule has 0 bridgehead atoms. The van der Waals surface area contributed by atoms with Gasteiger partial charge in [0, 0.05) is 0 Å². The predicted molar refractivity (Wildman–Crippen MR) is 61.5 cm³/mol. The number of aromatic nitrogens is 2. The molecule has 1 aromatic heterocycles. The maximum Gasteiger partial charge on any atom is 0.236 e. The number of ether oxygens (including phenoxy) is 1. The lowest BCUT2D eigenvalue weighted by molar-refractivity contribution is 0.388. The molecule has 6 heteroatoms. The summed E-state index contributed by atoms with van der Waals surface area (Å²) < 4.78 is 5.07. The zero-order chi connectivity index (χ0) is 11.3. The fourth-order valence-corrected chi connectivity index (χ4v) is 2.12. The Balaban J connectivity index is 3.24. The van der Waals surface area contributed by atoms with Crippen LogP contribution in [0.2, 0.25) is 0 Å². The molecule has 4 nitrogen and oxygen atoms in total. The van der Waals surface area contributed by atoms with Crippen LogP contribution in [0.5, 0.6) is 5.88 Å². The summed E-state index contributed by atoms with van der Waals surface area (Å²) in [5, 5.41) is 10.3. The molecule has 0 N–H and O–H groups in total. The number of hydrogen-bond donors (Lipinski definition) is 0. The van der Waals surface area contributed by atoms with E-state index < -0.39 is 0 Å². The Bertz CT molecular complexity index is 364. The Labute approximate surface area is 97.4 Å². The van der Waals surface area contributed by atoms with E-state index in [-0.39, 0.29) is 0 Å². The minimum absolute atomic E-state index is 0.354. The molecule has 1 rings (SSSR count). The van der Waals surface area contributed by atoms with Crippen molar-refractivity contribution in [2.45, 2.75) is 17.1 Å². The van der Waals surface area contributed by atoms with Crippen LogP contribution in [-0.2, 0) is 0 Å². The maximum absolute atomic E-state index is 8.95. The molecule has 0 saturated heterocycles. The third-order valence-corrected chi connectivity index (χ3v) is 3.01. The lowest BCUT2D eigenvalue weighted by Crippen LogP contribution is -1.99. The van der Waals surface area contributed by atoms with Crippen molar-refractivity contribution in [3.05, 3.63) is 5.56 Å². The molecule has 0 aliphatic rings. The van der Waals surface area contributed by atoms with Crippen LogP contribution in [0.3, 0.4) is 0 Å². The van der Waals surface area contributed by atoms with Gasteiger partial charge in [0.25, 0.3) is 0 Å². The highest BCUT2D eigenvalue weighted by molar-refractivity contribution is 7.99. The van der Waals surface area contributed by atoms with Gasteiger partial charge >= 0.3 is 0 Å². The molecular formula is C9H11N3OS2. The van der Waals surface area contributed by atoms with E-state index in [0.29, 0.717) is 21.6 Å². The van der Waals surface area contributed by atoms with Crippen LogP contribution in [-0.4, -0.2) is 29.1 Å². The van der Waals surface area contributed by atoms with Crippen LogP contribution >= 0.6 is 23.5 Å². The van der Waals surface area contributed by atoms with Crippen molar-refractivity contribution in [2.75, 3.05) is 19.1 Å². The summed E-state index contributed by atoms with van der Waals surface area (Å²) in [5.41, 5.74) is 0.408. The first kappa shape index (κ1) is 12.1. The number of hydrogen-bond acceptors (Lipinski definition) is 6. The predicted octanol–water partition coefficient (Wildman–Crippen LogP) is 2.19. The zero-order valence-electron chi connectivity index (χ0n) is 8.77. The highest BCUT2D eigenvalue weighted by atomic mass is 32.2. The van der Waals surface area contributed by atoms with Gasteiger partial charge < -0.3 is 4.74 Å². The molecule has 1 aromatic rings. The third-order valence-electron chi connectivity index (χ3n) is 1.59. The Hall–Kier alpha value is -0.930. The van der Waals surface area contributed by atoms with Crippen LogP contribution in [0, 0.1) is 11.3 Å². The van der Waals surface area contributed by atoms with Gasteiger partial charge in [-0.1, -0.05) is 18.7 Å². The van der Waals surface area contributed by atoms with Crippen LogP contribution < -0.4 is 4.74 Å². The molecule has 0 spiro atoms. The van der Waals surface area contributed by atoms with Gasteiger partial charge in [0.2, 0.25) is 5.88 Å². The first-order valence-electron chi connectivity index (χ1n) is 4.29. The van der Waals surface area contributed by atoms with Crippen LogP contribution in [0.15, 0.2) is 10.2 Å². The van der Waals surface area contributed by atoms with E-state index in [9.17, 15) is 0 Å². The van der Waals surface area contributed by atoms with Crippen molar-refractivity contribution in [3.63, 3.8) is 0 Å². The highest BCUT2D eigenvalue weighted by Gasteiger charge is 2.14. The van der Waals surface area contributed by atoms with Crippen molar-refractivity contribution in [2.24, 2.45) is 0 Å². The standard InChI is InChI=1S/C9H11N3OS2/c1-4-15-9-11-7(13-2)6(5-10)8(12-9)14-3/h4H2,1-3H3. The van der Waals surface area contributed by atoms with E-state index in [1.165, 1.54) is 30.6 Å². The summed E-state index contributed by atoms with van der Waals surface area (Å²) in [7, 11) is 1.51. The summed E-state index contributed by atoms with van der Waals surface area (Å²) in [4.78, 5) is 8.43. The van der Waals surface area contributed by atoms with E-state index in [1.807, 2.05) is 13.2 Å². The first-order valence-corrected chi connectivity index (χ1v) is 6.50. The molecule has 0 aliphatic carbocycles. The van der Waals surface area contributed by atoms with Crippen molar-refractivity contribution in [3.8, 4) is 11.9 Å². The number of nitriles is 1. The molecule has 80 valence electrons. The lowest BCUT2D eigenvalue weighted by Gasteiger charge is -2.06. The van der Waals surface area contributed by atoms with Gasteiger partial charge in [0.05, 0.1) is 7.11 Å². The number of thioether (sulfide) groups is 2. The van der Waals surface area contributed by atoms with Gasteiger partial charge in [0.15, 0.2) is 5.16 Å². The van der Waals surface area contributed by atoms with Gasteiger partial charge in [-0.15, -0.1) is 11.8 Å². The Kier molecular flexibility index (Phi) is 4.72. The SMILES string of the molecule is CCSc1nc(OC)c(C#N)c(SC)n1. The average Bonchev–Trinajstić information content (AvgIpc) is 2.28. The topological polar surface area (TPSA) is 58.8 Å². The van der Waals surface area contributed by atoms with E-state index in [1.54, 1.807) is 0 Å². The summed E-state index contributed by atoms with van der Waals surface area (Å²) >= 11 is 2.95. The molecule has 0 saturated carbocycles. The fourth-order valence-electron chi connectivity index (χ4n) is 0.987. The quantitative estimate of drug-likeness (QED) is 0.457. The highest BCUT2D eigenvalue weighted by Crippen LogP contribution is 2.27. The molecule has 15 heavy (non-hydrogen) atoms. The van der Waals surface area contributed by atoms with Crippen LogP contribution in [0.1, 0.15) is 12.5 Å². The second kappa shape index (κ2) is 5.83.